The predicted octanol–water partition coefficient (Wildman–Crippen LogP) is 2.02. The van der Waals surface area contributed by atoms with Gasteiger partial charge in [0.1, 0.15) is 5.01 Å². The predicted molar refractivity (Wildman–Crippen MR) is 71.2 cm³/mol. The largest absolute Gasteiger partial charge is 0.346 e. The lowest BCUT2D eigenvalue weighted by Crippen LogP contribution is -2.43. The molecule has 0 aliphatic rings. The van der Waals surface area contributed by atoms with Gasteiger partial charge >= 0.3 is 0 Å². The Labute approximate surface area is 107 Å². The Morgan fingerprint density at radius 3 is 2.65 bits per heavy atom. The molecule has 1 atom stereocenters. The second kappa shape index (κ2) is 5.60. The number of aromatic nitrogens is 1. The molecule has 1 amide bonds. The number of nitrogens with one attached hydrogen (secondary N) is 2. The van der Waals surface area contributed by atoms with Gasteiger partial charge in [0.15, 0.2) is 0 Å². The van der Waals surface area contributed by atoms with E-state index in [0.29, 0.717) is 6.54 Å². The first-order valence-corrected chi connectivity index (χ1v) is 6.62. The number of aryl methyl sites for hydroxylation is 1. The van der Waals surface area contributed by atoms with E-state index < -0.39 is 0 Å². The van der Waals surface area contributed by atoms with E-state index in [1.165, 1.54) is 0 Å². The highest BCUT2D eigenvalue weighted by Gasteiger charge is 2.15. The van der Waals surface area contributed by atoms with Crippen molar-refractivity contribution in [2.75, 3.05) is 6.54 Å². The Kier molecular flexibility index (Phi) is 4.65. The maximum Gasteiger partial charge on any atom is 0.234 e. The smallest absolute Gasteiger partial charge is 0.234 e. The average molecular weight is 255 g/mol. The highest BCUT2D eigenvalue weighted by molar-refractivity contribution is 7.09. The standard InChI is InChI=1S/C12H21N3OS/c1-8-7-17-11(14-8)9(2)15-10(16)6-13-12(3,4)5/h7,9,13H,6H2,1-5H3,(H,15,16). The lowest BCUT2D eigenvalue weighted by atomic mass is 10.1. The monoisotopic (exact) mass is 255 g/mol. The van der Waals surface area contributed by atoms with E-state index in [2.05, 4.69) is 15.6 Å². The number of hydrogen-bond acceptors (Lipinski definition) is 4. The summed E-state index contributed by atoms with van der Waals surface area (Å²) >= 11 is 1.58. The van der Waals surface area contributed by atoms with E-state index in [1.54, 1.807) is 11.3 Å². The summed E-state index contributed by atoms with van der Waals surface area (Å²) in [4.78, 5) is 16.0. The quantitative estimate of drug-likeness (QED) is 0.865. The summed E-state index contributed by atoms with van der Waals surface area (Å²) in [5, 5.41) is 9.03. The second-order valence-electron chi connectivity index (χ2n) is 5.22. The Morgan fingerprint density at radius 1 is 1.53 bits per heavy atom. The van der Waals surface area contributed by atoms with E-state index in [4.69, 9.17) is 0 Å². The van der Waals surface area contributed by atoms with E-state index in [9.17, 15) is 4.79 Å². The minimum Gasteiger partial charge on any atom is -0.346 e. The third-order valence-corrected chi connectivity index (χ3v) is 3.31. The molecule has 2 N–H and O–H groups in total. The highest BCUT2D eigenvalue weighted by Crippen LogP contribution is 2.17. The van der Waals surface area contributed by atoms with Crippen LogP contribution in [0.1, 0.15) is 44.4 Å². The molecule has 0 spiro atoms. The molecule has 0 saturated heterocycles. The minimum atomic E-state index is -0.0433. The minimum absolute atomic E-state index is 0.000257. The molecule has 96 valence electrons. The van der Waals surface area contributed by atoms with Gasteiger partial charge in [-0.2, -0.15) is 0 Å². The van der Waals surface area contributed by atoms with Crippen LogP contribution in [0.25, 0.3) is 0 Å². The number of thiazole rings is 1. The second-order valence-corrected chi connectivity index (χ2v) is 6.11. The van der Waals surface area contributed by atoms with Crippen molar-refractivity contribution in [3.05, 3.63) is 16.1 Å². The zero-order valence-corrected chi connectivity index (χ0v) is 11.9. The molecule has 17 heavy (non-hydrogen) atoms. The van der Waals surface area contributed by atoms with Crippen LogP contribution in [-0.2, 0) is 4.79 Å². The van der Waals surface area contributed by atoms with Gasteiger partial charge in [-0.3, -0.25) is 4.79 Å². The van der Waals surface area contributed by atoms with Gasteiger partial charge in [0, 0.05) is 16.6 Å². The summed E-state index contributed by atoms with van der Waals surface area (Å²) in [7, 11) is 0. The van der Waals surface area contributed by atoms with E-state index >= 15 is 0 Å². The first-order chi connectivity index (χ1) is 7.78. The number of rotatable bonds is 4. The number of amides is 1. The van der Waals surface area contributed by atoms with Gasteiger partial charge in [-0.1, -0.05) is 0 Å². The molecule has 1 rings (SSSR count). The molecule has 0 aliphatic carbocycles. The molecule has 0 aromatic carbocycles. The Morgan fingerprint density at radius 2 is 2.18 bits per heavy atom. The molecule has 4 nitrogen and oxygen atoms in total. The van der Waals surface area contributed by atoms with E-state index in [1.807, 2.05) is 40.0 Å². The fourth-order valence-corrected chi connectivity index (χ4v) is 2.07. The van der Waals surface area contributed by atoms with Crippen molar-refractivity contribution < 1.29 is 4.79 Å². The lowest BCUT2D eigenvalue weighted by molar-refractivity contribution is -0.121. The molecule has 0 fully saturated rings. The van der Waals surface area contributed by atoms with Crippen LogP contribution in [0.2, 0.25) is 0 Å². The van der Waals surface area contributed by atoms with Crippen molar-refractivity contribution in [2.45, 2.75) is 46.2 Å². The maximum atomic E-state index is 11.7. The van der Waals surface area contributed by atoms with Gasteiger partial charge in [0.2, 0.25) is 5.91 Å². The van der Waals surface area contributed by atoms with Crippen LogP contribution in [0.4, 0.5) is 0 Å². The van der Waals surface area contributed by atoms with Gasteiger partial charge in [0.05, 0.1) is 12.6 Å². The SMILES string of the molecule is Cc1csc(C(C)NC(=O)CNC(C)(C)C)n1. The molecule has 0 aliphatic heterocycles. The van der Waals surface area contributed by atoms with Crippen molar-refractivity contribution in [1.82, 2.24) is 15.6 Å². The molecule has 1 unspecified atom stereocenters. The number of carbonyl (C=O) groups excluding carboxylic acids is 1. The molecule has 5 heteroatoms. The normalized spacial score (nSPS) is 13.5. The van der Waals surface area contributed by atoms with Crippen LogP contribution >= 0.6 is 11.3 Å². The zero-order valence-electron chi connectivity index (χ0n) is 11.1. The fraction of sp³-hybridized carbons (Fsp3) is 0.667. The highest BCUT2D eigenvalue weighted by atomic mass is 32.1. The molecule has 0 radical (unpaired) electrons. The van der Waals surface area contributed by atoms with Gasteiger partial charge in [0.25, 0.3) is 0 Å². The summed E-state index contributed by atoms with van der Waals surface area (Å²) in [6.45, 7) is 10.3. The average Bonchev–Trinajstić information content (AvgIpc) is 2.61. The van der Waals surface area contributed by atoms with E-state index in [0.717, 1.165) is 10.7 Å². The molecular formula is C12H21N3OS. The van der Waals surface area contributed by atoms with Crippen LogP contribution < -0.4 is 10.6 Å². The zero-order chi connectivity index (χ0) is 13.1. The van der Waals surface area contributed by atoms with Crippen LogP contribution in [0.3, 0.4) is 0 Å². The van der Waals surface area contributed by atoms with Crippen molar-refractivity contribution in [3.63, 3.8) is 0 Å². The van der Waals surface area contributed by atoms with Crippen LogP contribution in [0, 0.1) is 6.92 Å². The molecule has 1 aromatic heterocycles. The fourth-order valence-electron chi connectivity index (χ4n) is 1.27. The number of nitrogens with zero attached hydrogens (tertiary/aromatic N) is 1. The summed E-state index contributed by atoms with van der Waals surface area (Å²) in [6.07, 6.45) is 0. The van der Waals surface area contributed by atoms with Crippen molar-refractivity contribution >= 4 is 17.2 Å². The van der Waals surface area contributed by atoms with Crippen LogP contribution in [-0.4, -0.2) is 23.0 Å². The van der Waals surface area contributed by atoms with Crippen molar-refractivity contribution in [3.8, 4) is 0 Å². The molecule has 1 aromatic rings. The molecule has 0 saturated carbocycles. The molecular weight excluding hydrogens is 234 g/mol. The van der Waals surface area contributed by atoms with Crippen molar-refractivity contribution in [1.29, 1.82) is 0 Å². The summed E-state index contributed by atoms with van der Waals surface area (Å²) < 4.78 is 0. The Bertz CT molecular complexity index is 381. The topological polar surface area (TPSA) is 54.0 Å². The Hall–Kier alpha value is -0.940. The Balaban J connectivity index is 2.41. The van der Waals surface area contributed by atoms with Crippen LogP contribution in [0.5, 0.6) is 0 Å². The third kappa shape index (κ3) is 5.28. The van der Waals surface area contributed by atoms with Gasteiger partial charge in [-0.15, -0.1) is 11.3 Å². The van der Waals surface area contributed by atoms with Crippen molar-refractivity contribution in [2.24, 2.45) is 0 Å². The van der Waals surface area contributed by atoms with Gasteiger partial charge in [-0.05, 0) is 34.6 Å². The summed E-state index contributed by atoms with van der Waals surface area (Å²) in [6, 6.07) is -0.0250. The van der Waals surface area contributed by atoms with Gasteiger partial charge < -0.3 is 10.6 Å². The third-order valence-electron chi connectivity index (χ3n) is 2.16. The van der Waals surface area contributed by atoms with Gasteiger partial charge in [-0.25, -0.2) is 4.98 Å². The van der Waals surface area contributed by atoms with Crippen LogP contribution in [0.15, 0.2) is 5.38 Å². The summed E-state index contributed by atoms with van der Waals surface area (Å²) in [5.41, 5.74) is 0.956. The first-order valence-electron chi connectivity index (χ1n) is 5.74. The lowest BCUT2D eigenvalue weighted by Gasteiger charge is -2.20. The first kappa shape index (κ1) is 14.1. The number of hydrogen-bond donors (Lipinski definition) is 2. The molecule has 1 heterocycles. The summed E-state index contributed by atoms with van der Waals surface area (Å²) in [5.74, 6) is 0.000257. The molecule has 0 bridgehead atoms. The van der Waals surface area contributed by atoms with E-state index in [-0.39, 0.29) is 17.5 Å². The maximum absolute atomic E-state index is 11.7. The number of carbonyl (C=O) groups is 1.